The molecule has 0 saturated carbocycles. The largest absolute Gasteiger partial charge is 0.330 e. The highest BCUT2D eigenvalue weighted by Crippen LogP contribution is 2.28. The van der Waals surface area contributed by atoms with Gasteiger partial charge in [-0.15, -0.1) is 0 Å². The molecule has 0 unspecified atom stereocenters. The number of unbranched alkanes of at least 4 members (excludes halogenated alkanes) is 1. The zero-order valence-electron chi connectivity index (χ0n) is 10.2. The Morgan fingerprint density at radius 1 is 1.28 bits per heavy atom. The molecule has 92 valence electrons. The summed E-state index contributed by atoms with van der Waals surface area (Å²) in [4.78, 5) is 8.78. The van der Waals surface area contributed by atoms with Crippen molar-refractivity contribution in [3.05, 3.63) is 35.7 Å². The third-order valence-corrected chi connectivity index (χ3v) is 3.43. The Bertz CT molecular complexity index is 703. The number of nitrogens with zero attached hydrogens (tertiary/aromatic N) is 3. The van der Waals surface area contributed by atoms with Gasteiger partial charge < -0.3 is 4.57 Å². The predicted molar refractivity (Wildman–Crippen MR) is 75.0 cm³/mol. The quantitative estimate of drug-likeness (QED) is 0.665. The summed E-state index contributed by atoms with van der Waals surface area (Å²) in [7, 11) is 0. The van der Waals surface area contributed by atoms with Crippen molar-refractivity contribution in [3.8, 4) is 0 Å². The van der Waals surface area contributed by atoms with Crippen molar-refractivity contribution in [3.63, 3.8) is 0 Å². The molecule has 0 aliphatic heterocycles. The fraction of sp³-hybridized carbons (Fsp3) is 0.286. The van der Waals surface area contributed by atoms with Crippen molar-refractivity contribution in [2.75, 3.05) is 0 Å². The van der Waals surface area contributed by atoms with Gasteiger partial charge in [0.1, 0.15) is 5.52 Å². The van der Waals surface area contributed by atoms with E-state index in [-0.39, 0.29) is 0 Å². The summed E-state index contributed by atoms with van der Waals surface area (Å²) in [6.07, 6.45) is 4.16. The third-order valence-electron chi connectivity index (χ3n) is 3.16. The van der Waals surface area contributed by atoms with Crippen LogP contribution in [0.15, 0.2) is 30.6 Å². The Kier molecular flexibility index (Phi) is 2.92. The minimum atomic E-state index is 0.485. The van der Waals surface area contributed by atoms with E-state index in [1.54, 1.807) is 0 Å². The van der Waals surface area contributed by atoms with E-state index in [1.807, 2.05) is 24.5 Å². The van der Waals surface area contributed by atoms with Crippen LogP contribution in [0.2, 0.25) is 5.15 Å². The van der Waals surface area contributed by atoms with Gasteiger partial charge >= 0.3 is 0 Å². The average molecular weight is 260 g/mol. The van der Waals surface area contributed by atoms with Crippen molar-refractivity contribution in [2.45, 2.75) is 26.3 Å². The predicted octanol–water partition coefficient (Wildman–Crippen LogP) is 4.04. The number of para-hydroxylation sites is 1. The molecule has 3 aromatic rings. The summed E-state index contributed by atoms with van der Waals surface area (Å²) in [5, 5.41) is 1.60. The van der Waals surface area contributed by atoms with Gasteiger partial charge in [0.2, 0.25) is 0 Å². The first kappa shape index (κ1) is 11.5. The molecule has 2 heterocycles. The summed E-state index contributed by atoms with van der Waals surface area (Å²) in [5.41, 5.74) is 2.82. The van der Waals surface area contributed by atoms with Crippen LogP contribution in [0.5, 0.6) is 0 Å². The highest BCUT2D eigenvalue weighted by Gasteiger charge is 2.11. The Balaban J connectivity index is 2.33. The molecular formula is C14H14ClN3. The normalized spacial score (nSPS) is 11.4. The topological polar surface area (TPSA) is 30.7 Å². The lowest BCUT2D eigenvalue weighted by atomic mass is 10.2. The van der Waals surface area contributed by atoms with Gasteiger partial charge in [-0.3, -0.25) is 0 Å². The van der Waals surface area contributed by atoms with E-state index in [0.29, 0.717) is 5.15 Å². The van der Waals surface area contributed by atoms with Gasteiger partial charge in [-0.2, -0.15) is 0 Å². The van der Waals surface area contributed by atoms with Gasteiger partial charge in [0.05, 0.1) is 17.4 Å². The smallest absolute Gasteiger partial charge is 0.157 e. The number of rotatable bonds is 3. The van der Waals surface area contributed by atoms with Crippen molar-refractivity contribution in [1.29, 1.82) is 0 Å². The zero-order chi connectivity index (χ0) is 12.5. The molecule has 3 rings (SSSR count). The maximum Gasteiger partial charge on any atom is 0.157 e. The lowest BCUT2D eigenvalue weighted by Gasteiger charge is -2.06. The molecule has 3 nitrogen and oxygen atoms in total. The molecule has 18 heavy (non-hydrogen) atoms. The minimum absolute atomic E-state index is 0.485. The van der Waals surface area contributed by atoms with Crippen LogP contribution in [0.3, 0.4) is 0 Å². The molecule has 4 heteroatoms. The van der Waals surface area contributed by atoms with Gasteiger partial charge in [-0.1, -0.05) is 43.1 Å². The van der Waals surface area contributed by atoms with E-state index in [2.05, 4.69) is 27.5 Å². The molecule has 1 aromatic carbocycles. The molecule has 0 atom stereocenters. The first-order valence-electron chi connectivity index (χ1n) is 6.20. The molecule has 2 aromatic heterocycles. The molecule has 0 fully saturated rings. The maximum atomic E-state index is 6.20. The number of fused-ring (bicyclic) bond motifs is 3. The first-order chi connectivity index (χ1) is 8.81. The molecular weight excluding hydrogens is 246 g/mol. The molecule has 0 bridgehead atoms. The number of halogens is 1. The Morgan fingerprint density at radius 2 is 2.11 bits per heavy atom. The van der Waals surface area contributed by atoms with Gasteiger partial charge in [-0.25, -0.2) is 9.97 Å². The van der Waals surface area contributed by atoms with Crippen LogP contribution in [0, 0.1) is 0 Å². The summed E-state index contributed by atoms with van der Waals surface area (Å²) in [5.74, 6) is 0. The Labute approximate surface area is 110 Å². The van der Waals surface area contributed by atoms with Crippen molar-refractivity contribution in [1.82, 2.24) is 14.5 Å². The summed E-state index contributed by atoms with van der Waals surface area (Å²) in [6, 6.07) is 8.06. The number of hydrogen-bond acceptors (Lipinski definition) is 2. The summed E-state index contributed by atoms with van der Waals surface area (Å²) >= 11 is 6.20. The fourth-order valence-corrected chi connectivity index (χ4v) is 2.47. The van der Waals surface area contributed by atoms with Crippen LogP contribution in [0.4, 0.5) is 0 Å². The van der Waals surface area contributed by atoms with Crippen LogP contribution in [0.25, 0.3) is 21.9 Å². The minimum Gasteiger partial charge on any atom is -0.330 e. The number of imidazole rings is 1. The number of benzene rings is 1. The molecule has 0 aliphatic carbocycles. The standard InChI is InChI=1S/C14H14ClN3/c1-2-3-8-18-9-16-12-13(18)10-6-4-5-7-11(10)17-14(12)15/h4-7,9H,2-3,8H2,1H3. The van der Waals surface area contributed by atoms with Crippen molar-refractivity contribution in [2.24, 2.45) is 0 Å². The highest BCUT2D eigenvalue weighted by atomic mass is 35.5. The van der Waals surface area contributed by atoms with Crippen LogP contribution in [-0.4, -0.2) is 14.5 Å². The van der Waals surface area contributed by atoms with Gasteiger partial charge in [0, 0.05) is 11.9 Å². The van der Waals surface area contributed by atoms with Crippen molar-refractivity contribution >= 4 is 33.5 Å². The van der Waals surface area contributed by atoms with Crippen LogP contribution >= 0.6 is 11.6 Å². The van der Waals surface area contributed by atoms with Crippen LogP contribution in [-0.2, 0) is 6.54 Å². The summed E-state index contributed by atoms with van der Waals surface area (Å²) < 4.78 is 2.18. The number of hydrogen-bond donors (Lipinski definition) is 0. The van der Waals surface area contributed by atoms with Gasteiger partial charge in [-0.05, 0) is 12.5 Å². The highest BCUT2D eigenvalue weighted by molar-refractivity contribution is 6.35. The second-order valence-corrected chi connectivity index (χ2v) is 4.77. The molecule has 0 aliphatic rings. The van der Waals surface area contributed by atoms with E-state index in [4.69, 9.17) is 11.6 Å². The number of aromatic nitrogens is 3. The number of aryl methyl sites for hydroxylation is 1. The lowest BCUT2D eigenvalue weighted by Crippen LogP contribution is -1.96. The monoisotopic (exact) mass is 259 g/mol. The maximum absolute atomic E-state index is 6.20. The molecule has 0 saturated heterocycles. The average Bonchev–Trinajstić information content (AvgIpc) is 2.81. The Morgan fingerprint density at radius 3 is 2.94 bits per heavy atom. The first-order valence-corrected chi connectivity index (χ1v) is 6.58. The number of pyridine rings is 1. The summed E-state index contributed by atoms with van der Waals surface area (Å²) in [6.45, 7) is 3.16. The van der Waals surface area contributed by atoms with Crippen LogP contribution < -0.4 is 0 Å². The third kappa shape index (κ3) is 1.75. The van der Waals surface area contributed by atoms with E-state index < -0.39 is 0 Å². The Hall–Kier alpha value is -1.61. The van der Waals surface area contributed by atoms with E-state index in [0.717, 1.165) is 41.3 Å². The second-order valence-electron chi connectivity index (χ2n) is 4.41. The van der Waals surface area contributed by atoms with E-state index in [1.165, 1.54) is 0 Å². The fourth-order valence-electron chi connectivity index (χ4n) is 2.24. The van der Waals surface area contributed by atoms with Gasteiger partial charge in [0.15, 0.2) is 5.15 Å². The molecule has 0 amide bonds. The lowest BCUT2D eigenvalue weighted by molar-refractivity contribution is 0.646. The molecule has 0 N–H and O–H groups in total. The SMILES string of the molecule is CCCCn1cnc2c(Cl)nc3ccccc3c21. The van der Waals surface area contributed by atoms with Crippen molar-refractivity contribution < 1.29 is 0 Å². The van der Waals surface area contributed by atoms with Gasteiger partial charge in [0.25, 0.3) is 0 Å². The van der Waals surface area contributed by atoms with E-state index >= 15 is 0 Å². The second kappa shape index (κ2) is 4.58. The van der Waals surface area contributed by atoms with Crippen LogP contribution in [0.1, 0.15) is 19.8 Å². The zero-order valence-corrected chi connectivity index (χ0v) is 11.0. The van der Waals surface area contributed by atoms with E-state index in [9.17, 15) is 0 Å². The molecule has 0 radical (unpaired) electrons. The molecule has 0 spiro atoms.